The number of fused-ring (bicyclic) bond motifs is 1. The van der Waals surface area contributed by atoms with Gasteiger partial charge in [0.25, 0.3) is 10.0 Å². The van der Waals surface area contributed by atoms with Crippen LogP contribution in [-0.2, 0) is 22.9 Å². The minimum Gasteiger partial charge on any atom is -0.478 e. The predicted octanol–water partition coefficient (Wildman–Crippen LogP) is 3.37. The third-order valence-electron chi connectivity index (χ3n) is 4.35. The summed E-state index contributed by atoms with van der Waals surface area (Å²) in [7, 11) is -3.70. The van der Waals surface area contributed by atoms with Crippen LogP contribution in [0.3, 0.4) is 0 Å². The summed E-state index contributed by atoms with van der Waals surface area (Å²) in [6.45, 7) is 1.68. The van der Waals surface area contributed by atoms with E-state index in [1.165, 1.54) is 23.8 Å². The molecule has 0 saturated heterocycles. The summed E-state index contributed by atoms with van der Waals surface area (Å²) >= 11 is 0. The Kier molecular flexibility index (Phi) is 4.32. The van der Waals surface area contributed by atoms with Crippen molar-refractivity contribution in [3.05, 3.63) is 58.7 Å². The molecule has 24 heavy (non-hydrogen) atoms. The highest BCUT2D eigenvalue weighted by molar-refractivity contribution is 7.92. The monoisotopic (exact) mass is 345 g/mol. The second-order valence-corrected chi connectivity index (χ2v) is 7.76. The molecule has 0 radical (unpaired) electrons. The Morgan fingerprint density at radius 3 is 2.42 bits per heavy atom. The quantitative estimate of drug-likeness (QED) is 0.890. The molecule has 5 nitrogen and oxygen atoms in total. The summed E-state index contributed by atoms with van der Waals surface area (Å²) in [6, 6.07) is 9.59. The second-order valence-electron chi connectivity index (χ2n) is 6.08. The fourth-order valence-electron chi connectivity index (χ4n) is 2.99. The number of sulfonamides is 1. The first-order valence-corrected chi connectivity index (χ1v) is 9.34. The highest BCUT2D eigenvalue weighted by atomic mass is 32.2. The van der Waals surface area contributed by atoms with Crippen molar-refractivity contribution in [2.75, 3.05) is 4.72 Å². The molecule has 1 aliphatic carbocycles. The molecular weight excluding hydrogens is 326 g/mol. The molecule has 126 valence electrons. The minimum atomic E-state index is -3.70. The summed E-state index contributed by atoms with van der Waals surface area (Å²) in [4.78, 5) is 11.2. The predicted molar refractivity (Wildman–Crippen MR) is 92.0 cm³/mol. The van der Waals surface area contributed by atoms with E-state index in [2.05, 4.69) is 4.72 Å². The standard InChI is InChI=1S/C18H19NO4S/c1-12-10-15(18(20)21)7-9-17(12)19-24(22,23)16-8-6-13-4-2-3-5-14(13)11-16/h6-11,19H,2-5H2,1H3,(H,20,21). The number of anilines is 1. The van der Waals surface area contributed by atoms with E-state index in [0.29, 0.717) is 11.3 Å². The fourth-order valence-corrected chi connectivity index (χ4v) is 4.17. The number of carbonyl (C=O) groups is 1. The van der Waals surface area contributed by atoms with Gasteiger partial charge in [0.2, 0.25) is 0 Å². The molecule has 0 saturated carbocycles. The second kappa shape index (κ2) is 6.28. The van der Waals surface area contributed by atoms with Crippen molar-refractivity contribution in [3.63, 3.8) is 0 Å². The molecule has 2 aromatic carbocycles. The number of aromatic carboxylic acids is 1. The Balaban J connectivity index is 1.90. The number of aryl methyl sites for hydroxylation is 3. The van der Waals surface area contributed by atoms with Crippen molar-refractivity contribution in [2.45, 2.75) is 37.5 Å². The molecule has 0 spiro atoms. The minimum absolute atomic E-state index is 0.129. The number of hydrogen-bond donors (Lipinski definition) is 2. The Hall–Kier alpha value is -2.34. The van der Waals surface area contributed by atoms with Crippen molar-refractivity contribution < 1.29 is 18.3 Å². The number of benzene rings is 2. The van der Waals surface area contributed by atoms with Crippen LogP contribution in [0.25, 0.3) is 0 Å². The molecule has 0 atom stereocenters. The maximum Gasteiger partial charge on any atom is 0.335 e. The van der Waals surface area contributed by atoms with E-state index in [9.17, 15) is 13.2 Å². The van der Waals surface area contributed by atoms with E-state index >= 15 is 0 Å². The average molecular weight is 345 g/mol. The third-order valence-corrected chi connectivity index (χ3v) is 5.71. The zero-order valence-corrected chi connectivity index (χ0v) is 14.2. The summed E-state index contributed by atoms with van der Waals surface area (Å²) in [6.07, 6.45) is 4.13. The molecule has 0 amide bonds. The van der Waals surface area contributed by atoms with Crippen LogP contribution in [0.2, 0.25) is 0 Å². The van der Waals surface area contributed by atoms with E-state index in [1.807, 2.05) is 6.07 Å². The molecule has 0 fully saturated rings. The summed E-state index contributed by atoms with van der Waals surface area (Å²) in [5, 5.41) is 8.98. The molecule has 0 bridgehead atoms. The van der Waals surface area contributed by atoms with Crippen LogP contribution in [0, 0.1) is 6.92 Å². The lowest BCUT2D eigenvalue weighted by Crippen LogP contribution is -2.15. The highest BCUT2D eigenvalue weighted by Gasteiger charge is 2.19. The SMILES string of the molecule is Cc1cc(C(=O)O)ccc1NS(=O)(=O)c1ccc2c(c1)CCCC2. The average Bonchev–Trinajstić information content (AvgIpc) is 2.56. The molecule has 0 aromatic heterocycles. The Morgan fingerprint density at radius 1 is 1.04 bits per heavy atom. The fraction of sp³-hybridized carbons (Fsp3) is 0.278. The van der Waals surface area contributed by atoms with Gasteiger partial charge in [-0.2, -0.15) is 0 Å². The largest absolute Gasteiger partial charge is 0.478 e. The number of carboxylic acid groups (broad SMARTS) is 1. The topological polar surface area (TPSA) is 83.5 Å². The lowest BCUT2D eigenvalue weighted by Gasteiger charge is -2.17. The molecule has 2 aromatic rings. The van der Waals surface area contributed by atoms with Gasteiger partial charge in [0.15, 0.2) is 0 Å². The van der Waals surface area contributed by atoms with E-state index in [-0.39, 0.29) is 10.5 Å². The van der Waals surface area contributed by atoms with Gasteiger partial charge in [-0.05, 0) is 79.6 Å². The Bertz CT molecular complexity index is 903. The first-order valence-electron chi connectivity index (χ1n) is 7.85. The third kappa shape index (κ3) is 3.28. The number of nitrogens with one attached hydrogen (secondary N) is 1. The molecule has 1 aliphatic rings. The lowest BCUT2D eigenvalue weighted by atomic mass is 9.92. The smallest absolute Gasteiger partial charge is 0.335 e. The van der Waals surface area contributed by atoms with Gasteiger partial charge < -0.3 is 5.11 Å². The zero-order valence-electron chi connectivity index (χ0n) is 13.4. The normalized spacial score (nSPS) is 14.0. The number of carboxylic acids is 1. The van der Waals surface area contributed by atoms with E-state index in [0.717, 1.165) is 31.2 Å². The molecule has 6 heteroatoms. The maximum atomic E-state index is 12.6. The summed E-state index contributed by atoms with van der Waals surface area (Å²) in [5.41, 5.74) is 3.41. The van der Waals surface area contributed by atoms with Gasteiger partial charge >= 0.3 is 5.97 Å². The van der Waals surface area contributed by atoms with Crippen molar-refractivity contribution in [1.82, 2.24) is 0 Å². The molecule has 0 unspecified atom stereocenters. The summed E-state index contributed by atoms with van der Waals surface area (Å²) in [5.74, 6) is -1.04. The van der Waals surface area contributed by atoms with Gasteiger partial charge in [-0.1, -0.05) is 6.07 Å². The van der Waals surface area contributed by atoms with Gasteiger partial charge in [-0.25, -0.2) is 13.2 Å². The maximum absolute atomic E-state index is 12.6. The number of rotatable bonds is 4. The van der Waals surface area contributed by atoms with E-state index < -0.39 is 16.0 Å². The lowest BCUT2D eigenvalue weighted by molar-refractivity contribution is 0.0697. The van der Waals surface area contributed by atoms with Crippen LogP contribution < -0.4 is 4.72 Å². The first kappa shape index (κ1) is 16.5. The van der Waals surface area contributed by atoms with Crippen LogP contribution in [0.4, 0.5) is 5.69 Å². The van der Waals surface area contributed by atoms with Gasteiger partial charge in [-0.3, -0.25) is 4.72 Å². The van der Waals surface area contributed by atoms with Crippen LogP contribution in [0.15, 0.2) is 41.3 Å². The molecule has 0 heterocycles. The van der Waals surface area contributed by atoms with Gasteiger partial charge in [0, 0.05) is 0 Å². The number of hydrogen-bond acceptors (Lipinski definition) is 3. The highest BCUT2D eigenvalue weighted by Crippen LogP contribution is 2.26. The zero-order chi connectivity index (χ0) is 17.3. The van der Waals surface area contributed by atoms with Crippen molar-refractivity contribution in [2.24, 2.45) is 0 Å². The Morgan fingerprint density at radius 2 is 1.75 bits per heavy atom. The van der Waals surface area contributed by atoms with E-state index in [4.69, 9.17) is 5.11 Å². The van der Waals surface area contributed by atoms with Crippen molar-refractivity contribution in [1.29, 1.82) is 0 Å². The van der Waals surface area contributed by atoms with Crippen molar-refractivity contribution >= 4 is 21.7 Å². The van der Waals surface area contributed by atoms with Crippen LogP contribution in [0.5, 0.6) is 0 Å². The van der Waals surface area contributed by atoms with Crippen molar-refractivity contribution in [3.8, 4) is 0 Å². The van der Waals surface area contributed by atoms with Gasteiger partial charge in [0.1, 0.15) is 0 Å². The van der Waals surface area contributed by atoms with E-state index in [1.54, 1.807) is 19.1 Å². The van der Waals surface area contributed by atoms with Gasteiger partial charge in [0.05, 0.1) is 16.1 Å². The van der Waals surface area contributed by atoms with Crippen LogP contribution in [-0.4, -0.2) is 19.5 Å². The molecule has 3 rings (SSSR count). The van der Waals surface area contributed by atoms with Crippen LogP contribution >= 0.6 is 0 Å². The molecule has 0 aliphatic heterocycles. The molecule has 2 N–H and O–H groups in total. The van der Waals surface area contributed by atoms with Gasteiger partial charge in [-0.15, -0.1) is 0 Å². The van der Waals surface area contributed by atoms with Crippen LogP contribution in [0.1, 0.15) is 39.9 Å². The Labute approximate surface area is 141 Å². The first-order chi connectivity index (χ1) is 11.4. The summed E-state index contributed by atoms with van der Waals surface area (Å²) < 4.78 is 27.8. The molecular formula is C18H19NO4S.